The van der Waals surface area contributed by atoms with Crippen LogP contribution in [0.2, 0.25) is 0 Å². The lowest BCUT2D eigenvalue weighted by Gasteiger charge is -2.24. The molecule has 2 amide bonds. The number of hydrogen-bond acceptors (Lipinski definition) is 7. The molecule has 0 unspecified atom stereocenters. The second-order valence-corrected chi connectivity index (χ2v) is 9.58. The van der Waals surface area contributed by atoms with Crippen LogP contribution in [0.5, 0.6) is 0 Å². The Labute approximate surface area is 149 Å². The van der Waals surface area contributed by atoms with Crippen LogP contribution in [0.4, 0.5) is 9.59 Å². The molecular formula is C15H28N2O7S. The van der Waals surface area contributed by atoms with Crippen LogP contribution in [-0.2, 0) is 23.8 Å². The summed E-state index contributed by atoms with van der Waals surface area (Å²) < 4.78 is 38.3. The number of likely N-dealkylation sites (tertiary alicyclic amines) is 1. The molecule has 0 radical (unpaired) electrons. The zero-order chi connectivity index (χ0) is 19.6. The summed E-state index contributed by atoms with van der Waals surface area (Å²) in [5.74, 6) is 0. The number of amides is 2. The van der Waals surface area contributed by atoms with Gasteiger partial charge in [-0.15, -0.1) is 0 Å². The van der Waals surface area contributed by atoms with E-state index in [0.717, 1.165) is 6.26 Å². The molecule has 1 fully saturated rings. The van der Waals surface area contributed by atoms with Crippen LogP contribution in [0.15, 0.2) is 0 Å². The van der Waals surface area contributed by atoms with Crippen LogP contribution < -0.4 is 5.32 Å². The Morgan fingerprint density at radius 2 is 1.52 bits per heavy atom. The van der Waals surface area contributed by atoms with Gasteiger partial charge in [0.15, 0.2) is 0 Å². The highest BCUT2D eigenvalue weighted by molar-refractivity contribution is 7.86. The lowest BCUT2D eigenvalue weighted by molar-refractivity contribution is 0.0273. The van der Waals surface area contributed by atoms with Gasteiger partial charge in [-0.1, -0.05) is 0 Å². The summed E-state index contributed by atoms with van der Waals surface area (Å²) in [5.41, 5.74) is -1.40. The maximum absolute atomic E-state index is 12.2. The maximum atomic E-state index is 12.2. The molecule has 10 heteroatoms. The third-order valence-electron chi connectivity index (χ3n) is 2.92. The number of nitrogens with zero attached hydrogens (tertiary/aromatic N) is 1. The Morgan fingerprint density at radius 1 is 1.00 bits per heavy atom. The fourth-order valence-electron chi connectivity index (χ4n) is 2.17. The molecule has 0 aromatic heterocycles. The molecule has 1 heterocycles. The Balaban J connectivity index is 2.84. The predicted octanol–water partition coefficient (Wildman–Crippen LogP) is 1.48. The molecule has 1 saturated heterocycles. The Kier molecular flexibility index (Phi) is 6.33. The van der Waals surface area contributed by atoms with Gasteiger partial charge >= 0.3 is 12.2 Å². The van der Waals surface area contributed by atoms with Gasteiger partial charge in [0.1, 0.15) is 17.3 Å². The van der Waals surface area contributed by atoms with Crippen molar-refractivity contribution >= 4 is 22.3 Å². The minimum atomic E-state index is -3.77. The zero-order valence-electron chi connectivity index (χ0n) is 15.8. The highest BCUT2D eigenvalue weighted by Gasteiger charge is 2.41. The van der Waals surface area contributed by atoms with Crippen molar-refractivity contribution in [2.24, 2.45) is 0 Å². The summed E-state index contributed by atoms with van der Waals surface area (Å²) in [6.07, 6.45) is -1.34. The van der Waals surface area contributed by atoms with Crippen molar-refractivity contribution in [2.45, 2.75) is 64.9 Å². The minimum absolute atomic E-state index is 0.0253. The van der Waals surface area contributed by atoms with Crippen molar-refractivity contribution in [3.05, 3.63) is 0 Å². The van der Waals surface area contributed by atoms with E-state index in [2.05, 4.69) is 5.32 Å². The van der Waals surface area contributed by atoms with E-state index in [1.807, 2.05) is 0 Å². The van der Waals surface area contributed by atoms with Crippen molar-refractivity contribution in [1.82, 2.24) is 10.2 Å². The van der Waals surface area contributed by atoms with E-state index in [9.17, 15) is 18.0 Å². The molecule has 25 heavy (non-hydrogen) atoms. The quantitative estimate of drug-likeness (QED) is 0.738. The molecular weight excluding hydrogens is 352 g/mol. The summed E-state index contributed by atoms with van der Waals surface area (Å²) in [4.78, 5) is 25.4. The second kappa shape index (κ2) is 7.36. The molecule has 146 valence electrons. The Bertz CT molecular complexity index is 604. The molecule has 0 aromatic carbocycles. The predicted molar refractivity (Wildman–Crippen MR) is 90.7 cm³/mol. The molecule has 1 rings (SSSR count). The lowest BCUT2D eigenvalue weighted by Crippen LogP contribution is -2.46. The molecule has 1 aliphatic heterocycles. The lowest BCUT2D eigenvalue weighted by atomic mass is 10.2. The maximum Gasteiger partial charge on any atom is 0.410 e. The average Bonchev–Trinajstić information content (AvgIpc) is 2.65. The van der Waals surface area contributed by atoms with Gasteiger partial charge in [-0.25, -0.2) is 9.59 Å². The van der Waals surface area contributed by atoms with Gasteiger partial charge < -0.3 is 19.7 Å². The van der Waals surface area contributed by atoms with E-state index in [-0.39, 0.29) is 13.1 Å². The standard InChI is InChI=1S/C15H28N2O7S/c1-14(2,3)22-12(18)16-10-8-17(13(19)23-15(4,5)6)9-11(10)24-25(7,20)21/h10-11H,8-9H2,1-7H3,(H,16,18)/t10-,11-/m0/s1. The Hall–Kier alpha value is -1.55. The number of alkyl carbamates (subject to hydrolysis) is 1. The van der Waals surface area contributed by atoms with E-state index in [0.29, 0.717) is 0 Å². The minimum Gasteiger partial charge on any atom is -0.444 e. The third kappa shape index (κ3) is 8.39. The highest BCUT2D eigenvalue weighted by Crippen LogP contribution is 2.20. The topological polar surface area (TPSA) is 111 Å². The smallest absolute Gasteiger partial charge is 0.410 e. The van der Waals surface area contributed by atoms with Crippen LogP contribution in [0.1, 0.15) is 41.5 Å². The molecule has 2 atom stereocenters. The van der Waals surface area contributed by atoms with E-state index in [1.54, 1.807) is 41.5 Å². The normalized spacial score (nSPS) is 21.8. The fraction of sp³-hybridized carbons (Fsp3) is 0.867. The molecule has 9 nitrogen and oxygen atoms in total. The van der Waals surface area contributed by atoms with Gasteiger partial charge in [-0.05, 0) is 41.5 Å². The summed E-state index contributed by atoms with van der Waals surface area (Å²) in [6.45, 7) is 10.3. The van der Waals surface area contributed by atoms with Gasteiger partial charge in [0.25, 0.3) is 10.1 Å². The largest absolute Gasteiger partial charge is 0.444 e. The van der Waals surface area contributed by atoms with Crippen molar-refractivity contribution in [3.8, 4) is 0 Å². The van der Waals surface area contributed by atoms with Gasteiger partial charge in [-0.3, -0.25) is 4.18 Å². The molecule has 0 saturated carbocycles. The van der Waals surface area contributed by atoms with Crippen LogP contribution in [-0.4, -0.2) is 68.2 Å². The first-order chi connectivity index (χ1) is 11.1. The number of ether oxygens (including phenoxy) is 2. The summed E-state index contributed by atoms with van der Waals surface area (Å²) in [6, 6.07) is -0.739. The monoisotopic (exact) mass is 380 g/mol. The number of hydrogen-bond donors (Lipinski definition) is 1. The first-order valence-electron chi connectivity index (χ1n) is 7.91. The Morgan fingerprint density at radius 3 is 1.96 bits per heavy atom. The zero-order valence-corrected chi connectivity index (χ0v) is 16.6. The van der Waals surface area contributed by atoms with Crippen molar-refractivity contribution in [2.75, 3.05) is 19.3 Å². The molecule has 0 bridgehead atoms. The third-order valence-corrected chi connectivity index (χ3v) is 3.52. The van der Waals surface area contributed by atoms with Gasteiger partial charge in [-0.2, -0.15) is 8.42 Å². The van der Waals surface area contributed by atoms with E-state index in [1.165, 1.54) is 4.90 Å². The number of carbonyl (C=O) groups excluding carboxylic acids is 2. The van der Waals surface area contributed by atoms with E-state index in [4.69, 9.17) is 13.7 Å². The van der Waals surface area contributed by atoms with Gasteiger partial charge in [0.2, 0.25) is 0 Å². The van der Waals surface area contributed by atoms with Crippen LogP contribution in [0.3, 0.4) is 0 Å². The molecule has 1 N–H and O–H groups in total. The number of rotatable bonds is 3. The van der Waals surface area contributed by atoms with E-state index < -0.39 is 45.7 Å². The van der Waals surface area contributed by atoms with Crippen molar-refractivity contribution < 1.29 is 31.7 Å². The fourth-order valence-corrected chi connectivity index (χ4v) is 2.81. The molecule has 0 aromatic rings. The van der Waals surface area contributed by atoms with Crippen molar-refractivity contribution in [1.29, 1.82) is 0 Å². The second-order valence-electron chi connectivity index (χ2n) is 7.98. The van der Waals surface area contributed by atoms with Gasteiger partial charge in [0, 0.05) is 6.54 Å². The van der Waals surface area contributed by atoms with Crippen LogP contribution in [0, 0.1) is 0 Å². The average molecular weight is 380 g/mol. The molecule has 0 aliphatic carbocycles. The summed E-state index contributed by atoms with van der Waals surface area (Å²) >= 11 is 0. The van der Waals surface area contributed by atoms with E-state index >= 15 is 0 Å². The van der Waals surface area contributed by atoms with Crippen LogP contribution in [0.25, 0.3) is 0 Å². The molecule has 1 aliphatic rings. The first-order valence-corrected chi connectivity index (χ1v) is 9.73. The van der Waals surface area contributed by atoms with Crippen molar-refractivity contribution in [3.63, 3.8) is 0 Å². The summed E-state index contributed by atoms with van der Waals surface area (Å²) in [5, 5.41) is 2.56. The summed E-state index contributed by atoms with van der Waals surface area (Å²) in [7, 11) is -3.77. The number of nitrogens with one attached hydrogen (secondary N) is 1. The molecule has 0 spiro atoms. The highest BCUT2D eigenvalue weighted by atomic mass is 32.2. The first kappa shape index (κ1) is 21.5. The number of carbonyl (C=O) groups is 2. The van der Waals surface area contributed by atoms with Crippen LogP contribution >= 0.6 is 0 Å². The SMILES string of the molecule is CC(C)(C)OC(=O)N[C@H]1CN(C(=O)OC(C)(C)C)C[C@@H]1OS(C)(=O)=O. The van der Waals surface area contributed by atoms with Gasteiger partial charge in [0.05, 0.1) is 18.8 Å².